The molecule has 0 unspecified atom stereocenters. The van der Waals surface area contributed by atoms with Crippen LogP contribution in [0.4, 0.5) is 14.5 Å². The van der Waals surface area contributed by atoms with E-state index < -0.39 is 17.4 Å². The van der Waals surface area contributed by atoms with Crippen LogP contribution < -0.4 is 5.73 Å². The maximum atomic E-state index is 13.8. The fourth-order valence-corrected chi connectivity index (χ4v) is 2.13. The highest BCUT2D eigenvalue weighted by molar-refractivity contribution is 9.10. The Bertz CT molecular complexity index is 671. The smallest absolute Gasteiger partial charge is 0.197 e. The lowest BCUT2D eigenvalue weighted by Crippen LogP contribution is -2.07. The summed E-state index contributed by atoms with van der Waals surface area (Å²) in [6, 6.07) is 6.59. The number of aryl methyl sites for hydroxylation is 1. The molecule has 2 rings (SSSR count). The molecule has 0 heterocycles. The molecule has 0 aliphatic heterocycles. The van der Waals surface area contributed by atoms with E-state index in [0.29, 0.717) is 10.2 Å². The van der Waals surface area contributed by atoms with Crippen LogP contribution in [0.1, 0.15) is 21.5 Å². The van der Waals surface area contributed by atoms with Crippen LogP contribution in [-0.2, 0) is 0 Å². The van der Waals surface area contributed by atoms with E-state index in [4.69, 9.17) is 5.73 Å². The summed E-state index contributed by atoms with van der Waals surface area (Å²) in [5.41, 5.74) is 6.06. The molecule has 0 atom stereocenters. The third-order valence-electron chi connectivity index (χ3n) is 2.77. The number of carbonyl (C=O) groups is 1. The molecular weight excluding hydrogens is 316 g/mol. The van der Waals surface area contributed by atoms with Crippen LogP contribution in [-0.4, -0.2) is 5.78 Å². The number of ketones is 1. The molecule has 0 fully saturated rings. The Morgan fingerprint density at radius 2 is 1.84 bits per heavy atom. The quantitative estimate of drug-likeness (QED) is 0.673. The number of hydrogen-bond donors (Lipinski definition) is 1. The molecule has 0 saturated heterocycles. The van der Waals surface area contributed by atoms with Gasteiger partial charge in [-0.1, -0.05) is 6.07 Å². The predicted molar refractivity (Wildman–Crippen MR) is 73.1 cm³/mol. The Labute approximate surface area is 117 Å². The Balaban J connectivity index is 2.56. The zero-order valence-corrected chi connectivity index (χ0v) is 11.6. The van der Waals surface area contributed by atoms with E-state index in [-0.39, 0.29) is 16.7 Å². The molecule has 0 bridgehead atoms. The largest absolute Gasteiger partial charge is 0.398 e. The molecular formula is C14H10BrF2NO. The van der Waals surface area contributed by atoms with Crippen LogP contribution in [0, 0.1) is 18.6 Å². The molecule has 5 heteroatoms. The lowest BCUT2D eigenvalue weighted by molar-refractivity contribution is 0.103. The monoisotopic (exact) mass is 325 g/mol. The van der Waals surface area contributed by atoms with Crippen molar-refractivity contribution in [2.45, 2.75) is 6.92 Å². The summed E-state index contributed by atoms with van der Waals surface area (Å²) in [4.78, 5) is 12.2. The summed E-state index contributed by atoms with van der Waals surface area (Å²) in [6.45, 7) is 1.43. The molecule has 0 aliphatic carbocycles. The molecule has 0 aromatic heterocycles. The number of halogens is 3. The van der Waals surface area contributed by atoms with Crippen molar-refractivity contribution in [2.24, 2.45) is 0 Å². The summed E-state index contributed by atoms with van der Waals surface area (Å²) in [5, 5.41) is 0. The minimum atomic E-state index is -0.752. The topological polar surface area (TPSA) is 43.1 Å². The van der Waals surface area contributed by atoms with Gasteiger partial charge in [0.05, 0.1) is 10.0 Å². The molecule has 19 heavy (non-hydrogen) atoms. The zero-order chi connectivity index (χ0) is 14.2. The summed E-state index contributed by atoms with van der Waals surface area (Å²) in [7, 11) is 0. The van der Waals surface area contributed by atoms with Gasteiger partial charge in [-0.2, -0.15) is 0 Å². The van der Waals surface area contributed by atoms with E-state index >= 15 is 0 Å². The third-order valence-corrected chi connectivity index (χ3v) is 3.65. The van der Waals surface area contributed by atoms with Crippen molar-refractivity contribution in [3.63, 3.8) is 0 Å². The minimum Gasteiger partial charge on any atom is -0.398 e. The highest BCUT2D eigenvalue weighted by Crippen LogP contribution is 2.27. The van der Waals surface area contributed by atoms with Crippen molar-refractivity contribution in [2.75, 3.05) is 5.73 Å². The number of hydrogen-bond acceptors (Lipinski definition) is 2. The van der Waals surface area contributed by atoms with Gasteiger partial charge >= 0.3 is 0 Å². The first-order valence-corrected chi connectivity index (χ1v) is 6.25. The van der Waals surface area contributed by atoms with E-state index in [1.54, 1.807) is 12.1 Å². The van der Waals surface area contributed by atoms with Gasteiger partial charge in [0.2, 0.25) is 0 Å². The SMILES string of the molecule is Cc1cc(F)c(C(=O)c2cccc(N)c2Br)cc1F. The molecule has 2 nitrogen and oxygen atoms in total. The highest BCUT2D eigenvalue weighted by atomic mass is 79.9. The highest BCUT2D eigenvalue weighted by Gasteiger charge is 2.19. The summed E-state index contributed by atoms with van der Waals surface area (Å²) >= 11 is 3.17. The van der Waals surface area contributed by atoms with Crippen molar-refractivity contribution in [1.82, 2.24) is 0 Å². The van der Waals surface area contributed by atoms with Crippen molar-refractivity contribution in [1.29, 1.82) is 0 Å². The number of benzene rings is 2. The van der Waals surface area contributed by atoms with E-state index in [0.717, 1.165) is 12.1 Å². The summed E-state index contributed by atoms with van der Waals surface area (Å²) in [5.74, 6) is -1.99. The average molecular weight is 326 g/mol. The van der Waals surface area contributed by atoms with Gasteiger partial charge in [-0.25, -0.2) is 8.78 Å². The Hall–Kier alpha value is -1.75. The van der Waals surface area contributed by atoms with Gasteiger partial charge in [-0.3, -0.25) is 4.79 Å². The molecule has 0 aliphatic rings. The van der Waals surface area contributed by atoms with E-state index in [1.165, 1.54) is 13.0 Å². The fourth-order valence-electron chi connectivity index (χ4n) is 1.69. The molecule has 2 aromatic carbocycles. The number of anilines is 1. The van der Waals surface area contributed by atoms with E-state index in [9.17, 15) is 13.6 Å². The maximum Gasteiger partial charge on any atom is 0.197 e. The number of rotatable bonds is 2. The van der Waals surface area contributed by atoms with E-state index in [2.05, 4.69) is 15.9 Å². The van der Waals surface area contributed by atoms with Crippen molar-refractivity contribution in [3.05, 3.63) is 63.1 Å². The van der Waals surface area contributed by atoms with Crippen LogP contribution in [0.2, 0.25) is 0 Å². The molecule has 2 aromatic rings. The van der Waals surface area contributed by atoms with Crippen LogP contribution in [0.3, 0.4) is 0 Å². The standard InChI is InChI=1S/C14H10BrF2NO/c1-7-5-11(17)9(6-10(7)16)14(19)8-3-2-4-12(18)13(8)15/h2-6H,18H2,1H3. The van der Waals surface area contributed by atoms with Crippen molar-refractivity contribution >= 4 is 27.4 Å². The number of nitrogens with two attached hydrogens (primary N) is 1. The van der Waals surface area contributed by atoms with Crippen LogP contribution >= 0.6 is 15.9 Å². The summed E-state index contributed by atoms with van der Waals surface area (Å²) in [6.07, 6.45) is 0. The van der Waals surface area contributed by atoms with Gasteiger partial charge in [0.15, 0.2) is 5.78 Å². The second kappa shape index (κ2) is 5.09. The molecule has 0 amide bonds. The van der Waals surface area contributed by atoms with Gasteiger partial charge in [-0.05, 0) is 52.7 Å². The van der Waals surface area contributed by atoms with Gasteiger partial charge in [-0.15, -0.1) is 0 Å². The van der Waals surface area contributed by atoms with Gasteiger partial charge in [0, 0.05) is 11.3 Å². The lowest BCUT2D eigenvalue weighted by atomic mass is 10.0. The number of carbonyl (C=O) groups excluding carboxylic acids is 1. The molecule has 0 spiro atoms. The maximum absolute atomic E-state index is 13.8. The van der Waals surface area contributed by atoms with Crippen LogP contribution in [0.25, 0.3) is 0 Å². The van der Waals surface area contributed by atoms with Crippen LogP contribution in [0.5, 0.6) is 0 Å². The Morgan fingerprint density at radius 1 is 1.16 bits per heavy atom. The molecule has 0 radical (unpaired) electrons. The van der Waals surface area contributed by atoms with Crippen molar-refractivity contribution < 1.29 is 13.6 Å². The molecule has 0 saturated carbocycles. The first-order chi connectivity index (χ1) is 8.91. The Morgan fingerprint density at radius 3 is 2.53 bits per heavy atom. The zero-order valence-electron chi connectivity index (χ0n) is 10.0. The van der Waals surface area contributed by atoms with E-state index in [1.807, 2.05) is 0 Å². The first kappa shape index (κ1) is 13.7. The Kier molecular flexibility index (Phi) is 3.66. The molecule has 98 valence electrons. The van der Waals surface area contributed by atoms with Gasteiger partial charge < -0.3 is 5.73 Å². The normalized spacial score (nSPS) is 10.5. The molecule has 2 N–H and O–H groups in total. The second-order valence-corrected chi connectivity index (χ2v) is 4.91. The second-order valence-electron chi connectivity index (χ2n) is 4.12. The van der Waals surface area contributed by atoms with Gasteiger partial charge in [0.25, 0.3) is 0 Å². The first-order valence-electron chi connectivity index (χ1n) is 5.46. The fraction of sp³-hybridized carbons (Fsp3) is 0.0714. The minimum absolute atomic E-state index is 0.153. The van der Waals surface area contributed by atoms with Gasteiger partial charge in [0.1, 0.15) is 11.6 Å². The van der Waals surface area contributed by atoms with Crippen molar-refractivity contribution in [3.8, 4) is 0 Å². The lowest BCUT2D eigenvalue weighted by Gasteiger charge is -2.08. The number of nitrogen functional groups attached to an aromatic ring is 1. The third kappa shape index (κ3) is 2.51. The van der Waals surface area contributed by atoms with Crippen LogP contribution in [0.15, 0.2) is 34.8 Å². The summed E-state index contributed by atoms with van der Waals surface area (Å²) < 4.78 is 27.6. The predicted octanol–water partition coefficient (Wildman–Crippen LogP) is 3.85. The average Bonchev–Trinajstić information content (AvgIpc) is 2.36.